The lowest BCUT2D eigenvalue weighted by Gasteiger charge is -2.32. The van der Waals surface area contributed by atoms with Crippen molar-refractivity contribution in [3.63, 3.8) is 0 Å². The molecule has 0 saturated carbocycles. The molecule has 0 spiro atoms. The highest BCUT2D eigenvalue weighted by atomic mass is 15.1. The summed E-state index contributed by atoms with van der Waals surface area (Å²) in [7, 11) is 0. The summed E-state index contributed by atoms with van der Waals surface area (Å²) < 4.78 is 0. The van der Waals surface area contributed by atoms with E-state index in [0.717, 1.165) is 25.7 Å². The fourth-order valence-corrected chi connectivity index (χ4v) is 10.5. The summed E-state index contributed by atoms with van der Waals surface area (Å²) >= 11 is 0. The Morgan fingerprint density at radius 2 is 1.10 bits per heavy atom. The largest absolute Gasteiger partial charge is 0.310 e. The zero-order valence-corrected chi connectivity index (χ0v) is 35.0. The van der Waals surface area contributed by atoms with Crippen molar-refractivity contribution in [2.24, 2.45) is 0 Å². The third-order valence-electron chi connectivity index (χ3n) is 13.7. The van der Waals surface area contributed by atoms with Gasteiger partial charge in [0.15, 0.2) is 0 Å². The molecule has 0 unspecified atom stereocenters. The molecule has 1 nitrogen and oxygen atoms in total. The fraction of sp³-hybridized carbons (Fsp3) is 0.186. The first-order valence-electron chi connectivity index (χ1n) is 22.2. The van der Waals surface area contributed by atoms with Gasteiger partial charge < -0.3 is 4.90 Å². The van der Waals surface area contributed by atoms with Crippen LogP contribution in [0.5, 0.6) is 0 Å². The molecular weight excluding hydrogens is 723 g/mol. The van der Waals surface area contributed by atoms with Crippen molar-refractivity contribution in [3.05, 3.63) is 221 Å². The summed E-state index contributed by atoms with van der Waals surface area (Å²) in [5.41, 5.74) is 22.9. The smallest absolute Gasteiger partial charge is 0.0465 e. The number of hydrogen-bond acceptors (Lipinski definition) is 1. The van der Waals surface area contributed by atoms with Crippen LogP contribution in [0.15, 0.2) is 188 Å². The molecule has 0 aliphatic heterocycles. The van der Waals surface area contributed by atoms with Gasteiger partial charge in [-0.2, -0.15) is 0 Å². The van der Waals surface area contributed by atoms with Crippen LogP contribution in [0.3, 0.4) is 0 Å². The van der Waals surface area contributed by atoms with Gasteiger partial charge in [0.2, 0.25) is 0 Å². The number of anilines is 3. The van der Waals surface area contributed by atoms with Crippen molar-refractivity contribution in [1.29, 1.82) is 0 Å². The van der Waals surface area contributed by atoms with Crippen molar-refractivity contribution in [2.75, 3.05) is 4.90 Å². The van der Waals surface area contributed by atoms with E-state index < -0.39 is 0 Å². The maximum Gasteiger partial charge on any atom is 0.0465 e. The first-order chi connectivity index (χ1) is 29.6. The van der Waals surface area contributed by atoms with Gasteiger partial charge in [0, 0.05) is 22.5 Å². The SMILES string of the molecule is CCC1(CC)c2cc(/C=C/C3=CC=C(c4c(-c5ccccc5)cccc4-c4ccc5c(c4)CCCC5)CC3)ccc2-c2ccc(N(c3ccccc3)c3ccccc3)cc21. The second-order valence-electron chi connectivity index (χ2n) is 16.9. The van der Waals surface area contributed by atoms with Gasteiger partial charge in [-0.1, -0.05) is 166 Å². The van der Waals surface area contributed by atoms with Crippen LogP contribution in [0.1, 0.15) is 85.8 Å². The first kappa shape index (κ1) is 37.8. The molecule has 3 aliphatic carbocycles. The number of allylic oxidation sites excluding steroid dienone is 5. The highest BCUT2D eigenvalue weighted by molar-refractivity contribution is 5.92. The second-order valence-corrected chi connectivity index (χ2v) is 16.9. The minimum atomic E-state index is -0.0484. The average molecular weight is 776 g/mol. The Morgan fingerprint density at radius 1 is 0.467 bits per heavy atom. The van der Waals surface area contributed by atoms with E-state index in [1.165, 1.54) is 121 Å². The molecule has 0 fully saturated rings. The summed E-state index contributed by atoms with van der Waals surface area (Å²) in [5, 5.41) is 0. The molecular formula is C59H53N. The quantitative estimate of drug-likeness (QED) is 0.134. The van der Waals surface area contributed by atoms with E-state index in [2.05, 4.69) is 207 Å². The molecule has 7 aromatic rings. The van der Waals surface area contributed by atoms with Crippen molar-refractivity contribution < 1.29 is 0 Å². The summed E-state index contributed by atoms with van der Waals surface area (Å²) in [6.45, 7) is 4.74. The normalized spacial score (nSPS) is 15.2. The maximum atomic E-state index is 2.49. The molecule has 60 heavy (non-hydrogen) atoms. The Morgan fingerprint density at radius 3 is 1.77 bits per heavy atom. The molecule has 0 N–H and O–H groups in total. The topological polar surface area (TPSA) is 3.24 Å². The lowest BCUT2D eigenvalue weighted by atomic mass is 9.73. The Balaban J connectivity index is 0.971. The monoisotopic (exact) mass is 775 g/mol. The van der Waals surface area contributed by atoms with Crippen molar-refractivity contribution >= 4 is 28.7 Å². The second kappa shape index (κ2) is 16.3. The van der Waals surface area contributed by atoms with Gasteiger partial charge in [-0.3, -0.25) is 0 Å². The van der Waals surface area contributed by atoms with Gasteiger partial charge in [-0.25, -0.2) is 0 Å². The predicted molar refractivity (Wildman–Crippen MR) is 256 cm³/mol. The Hall–Kier alpha value is -6.44. The van der Waals surface area contributed by atoms with Crippen molar-refractivity contribution in [1.82, 2.24) is 0 Å². The van der Waals surface area contributed by atoms with Gasteiger partial charge in [0.1, 0.15) is 0 Å². The van der Waals surface area contributed by atoms with Gasteiger partial charge in [0.25, 0.3) is 0 Å². The van der Waals surface area contributed by atoms with Crippen LogP contribution in [0, 0.1) is 0 Å². The first-order valence-corrected chi connectivity index (χ1v) is 22.2. The molecule has 0 heterocycles. The molecule has 0 saturated heterocycles. The van der Waals surface area contributed by atoms with Crippen molar-refractivity contribution in [2.45, 2.75) is 70.6 Å². The minimum Gasteiger partial charge on any atom is -0.310 e. The molecule has 0 radical (unpaired) electrons. The lowest BCUT2D eigenvalue weighted by molar-refractivity contribution is 0.490. The molecule has 0 aromatic heterocycles. The van der Waals surface area contributed by atoms with Gasteiger partial charge in [-0.05, 0) is 166 Å². The molecule has 0 bridgehead atoms. The number of aryl methyl sites for hydroxylation is 2. The van der Waals surface area contributed by atoms with E-state index in [9.17, 15) is 0 Å². The fourth-order valence-electron chi connectivity index (χ4n) is 10.5. The number of rotatable bonds is 10. The van der Waals surface area contributed by atoms with Gasteiger partial charge in [-0.15, -0.1) is 0 Å². The molecule has 0 amide bonds. The zero-order valence-electron chi connectivity index (χ0n) is 35.0. The van der Waals surface area contributed by atoms with E-state index in [1.54, 1.807) is 0 Å². The summed E-state index contributed by atoms with van der Waals surface area (Å²) in [4.78, 5) is 2.39. The van der Waals surface area contributed by atoms with Crippen LogP contribution < -0.4 is 4.90 Å². The van der Waals surface area contributed by atoms with Gasteiger partial charge in [0.05, 0.1) is 0 Å². The molecule has 10 rings (SSSR count). The maximum absolute atomic E-state index is 2.49. The Kier molecular flexibility index (Phi) is 10.3. The van der Waals surface area contributed by atoms with Crippen LogP contribution >= 0.6 is 0 Å². The van der Waals surface area contributed by atoms with Crippen LogP contribution in [0.2, 0.25) is 0 Å². The van der Waals surface area contributed by atoms with E-state index in [0.29, 0.717) is 0 Å². The Labute approximate surface area is 357 Å². The Bertz CT molecular complexity index is 2720. The van der Waals surface area contributed by atoms with Crippen LogP contribution in [-0.2, 0) is 18.3 Å². The van der Waals surface area contributed by atoms with E-state index in [4.69, 9.17) is 0 Å². The van der Waals surface area contributed by atoms with Crippen LogP contribution in [0.4, 0.5) is 17.1 Å². The number of nitrogens with zero attached hydrogens (tertiary/aromatic N) is 1. The molecule has 294 valence electrons. The van der Waals surface area contributed by atoms with Crippen LogP contribution in [-0.4, -0.2) is 0 Å². The summed E-state index contributed by atoms with van der Waals surface area (Å²) in [6, 6.07) is 60.9. The number of para-hydroxylation sites is 2. The number of benzene rings is 7. The third-order valence-corrected chi connectivity index (χ3v) is 13.7. The number of fused-ring (bicyclic) bond motifs is 4. The number of hydrogen-bond donors (Lipinski definition) is 0. The highest BCUT2D eigenvalue weighted by Crippen LogP contribution is 2.54. The zero-order chi connectivity index (χ0) is 40.5. The average Bonchev–Trinajstić information content (AvgIpc) is 3.60. The summed E-state index contributed by atoms with van der Waals surface area (Å²) in [6.07, 6.45) is 18.6. The molecule has 7 aromatic carbocycles. The van der Waals surface area contributed by atoms with Crippen molar-refractivity contribution in [3.8, 4) is 33.4 Å². The van der Waals surface area contributed by atoms with E-state index in [-0.39, 0.29) is 5.41 Å². The third kappa shape index (κ3) is 6.87. The standard InChI is InChI=1S/C59H53N/c1-3-59(4-2)56-39-43(31-37-54(56)55-38-36-51(41-57(55)59)60(49-21-10-6-11-22-49)50-23-12-7-13-24-50)28-27-42-29-32-46(33-30-42)58-52(45-18-8-5-9-19-45)25-16-26-53(58)48-35-34-44-17-14-15-20-47(44)40-48/h5-13,16,18-19,21-29,31-32,34-41H,3-4,14-15,17,20,30,33H2,1-2H3/b28-27+. The van der Waals surface area contributed by atoms with E-state index in [1.807, 2.05) is 0 Å². The molecule has 0 atom stereocenters. The van der Waals surface area contributed by atoms with Gasteiger partial charge >= 0.3 is 0 Å². The summed E-state index contributed by atoms with van der Waals surface area (Å²) in [5.74, 6) is 0. The molecule has 1 heteroatoms. The highest BCUT2D eigenvalue weighted by Gasteiger charge is 2.41. The van der Waals surface area contributed by atoms with Crippen LogP contribution in [0.25, 0.3) is 45.0 Å². The minimum absolute atomic E-state index is 0.0484. The predicted octanol–water partition coefficient (Wildman–Crippen LogP) is 16.3. The lowest BCUT2D eigenvalue weighted by Crippen LogP contribution is -2.23. The van der Waals surface area contributed by atoms with E-state index >= 15 is 0 Å². The molecule has 3 aliphatic rings.